The summed E-state index contributed by atoms with van der Waals surface area (Å²) >= 11 is 3.33. The molecule has 30 heavy (non-hydrogen) atoms. The quantitative estimate of drug-likeness (QED) is 0.379. The molecule has 0 spiro atoms. The molecule has 2 aromatic carbocycles. The lowest BCUT2D eigenvalue weighted by molar-refractivity contribution is 0.102. The second-order valence-corrected chi connectivity index (χ2v) is 8.77. The maximum atomic E-state index is 12.7. The van der Waals surface area contributed by atoms with Gasteiger partial charge in [0, 0.05) is 9.58 Å². The Morgan fingerprint density at radius 3 is 2.83 bits per heavy atom. The fourth-order valence-corrected chi connectivity index (χ4v) is 4.93. The first-order valence-electron chi connectivity index (χ1n) is 9.27. The molecule has 0 aliphatic rings. The topological polar surface area (TPSA) is 85.8 Å². The Balaban J connectivity index is 1.33. The van der Waals surface area contributed by atoms with E-state index in [0.29, 0.717) is 17.9 Å². The van der Waals surface area contributed by atoms with Crippen LogP contribution in [0.25, 0.3) is 21.2 Å². The minimum atomic E-state index is -0.341. The van der Waals surface area contributed by atoms with Crippen molar-refractivity contribution >= 4 is 50.0 Å². The Hall–Kier alpha value is -3.49. The van der Waals surface area contributed by atoms with Crippen molar-refractivity contribution in [1.82, 2.24) is 15.0 Å². The fraction of sp³-hybridized carbons (Fsp3) is 0.0455. The third kappa shape index (κ3) is 3.70. The van der Waals surface area contributed by atoms with Crippen LogP contribution in [0.3, 0.4) is 0 Å². The highest BCUT2D eigenvalue weighted by Crippen LogP contribution is 2.29. The summed E-state index contributed by atoms with van der Waals surface area (Å²) in [4.78, 5) is 13.8. The molecule has 0 saturated carbocycles. The van der Waals surface area contributed by atoms with Crippen LogP contribution in [0.2, 0.25) is 0 Å². The van der Waals surface area contributed by atoms with Gasteiger partial charge >= 0.3 is 0 Å². The molecule has 1 amide bonds. The molecule has 148 valence electrons. The van der Waals surface area contributed by atoms with Crippen molar-refractivity contribution in [2.75, 3.05) is 11.1 Å². The van der Waals surface area contributed by atoms with Gasteiger partial charge in [-0.2, -0.15) is 11.3 Å². The number of hydrogen-bond acceptors (Lipinski definition) is 6. The average Bonchev–Trinajstić information content (AvgIpc) is 3.50. The summed E-state index contributed by atoms with van der Waals surface area (Å²) in [5, 5.41) is 16.3. The van der Waals surface area contributed by atoms with Gasteiger partial charge in [0.2, 0.25) is 0 Å². The number of amides is 1. The van der Waals surface area contributed by atoms with Crippen LogP contribution in [0.4, 0.5) is 11.4 Å². The monoisotopic (exact) mass is 431 g/mol. The molecule has 3 aromatic heterocycles. The highest BCUT2D eigenvalue weighted by molar-refractivity contribution is 7.19. The summed E-state index contributed by atoms with van der Waals surface area (Å²) in [5.74, 6) is -0.341. The van der Waals surface area contributed by atoms with E-state index in [0.717, 1.165) is 16.0 Å². The van der Waals surface area contributed by atoms with Crippen molar-refractivity contribution in [3.8, 4) is 11.1 Å². The zero-order valence-electron chi connectivity index (χ0n) is 15.8. The SMILES string of the molecule is Nc1ccc(-c2ccsc2)cc1NC(=O)c1cn(Cc2cc3ccccc3s2)nn1. The molecular formula is C22H17N5OS2. The number of hydrogen-bond donors (Lipinski definition) is 2. The molecule has 6 nitrogen and oxygen atoms in total. The lowest BCUT2D eigenvalue weighted by Crippen LogP contribution is -2.13. The van der Waals surface area contributed by atoms with Gasteiger partial charge in [0.1, 0.15) is 0 Å². The Morgan fingerprint density at radius 2 is 2.00 bits per heavy atom. The van der Waals surface area contributed by atoms with Gasteiger partial charge in [0.25, 0.3) is 5.91 Å². The second kappa shape index (κ2) is 7.74. The normalized spacial score (nSPS) is 11.1. The number of anilines is 2. The zero-order chi connectivity index (χ0) is 20.5. The number of fused-ring (bicyclic) bond motifs is 1. The van der Waals surface area contributed by atoms with E-state index in [1.165, 1.54) is 10.1 Å². The van der Waals surface area contributed by atoms with E-state index in [-0.39, 0.29) is 11.6 Å². The van der Waals surface area contributed by atoms with Gasteiger partial charge in [-0.15, -0.1) is 16.4 Å². The molecule has 0 aliphatic carbocycles. The molecule has 0 bridgehead atoms. The summed E-state index contributed by atoms with van der Waals surface area (Å²) in [6.45, 7) is 0.565. The molecule has 0 atom stereocenters. The Morgan fingerprint density at radius 1 is 1.10 bits per heavy atom. The number of nitrogens with one attached hydrogen (secondary N) is 1. The largest absolute Gasteiger partial charge is 0.397 e. The molecular weight excluding hydrogens is 414 g/mol. The summed E-state index contributed by atoms with van der Waals surface area (Å²) in [7, 11) is 0. The first-order chi connectivity index (χ1) is 14.7. The van der Waals surface area contributed by atoms with Crippen molar-refractivity contribution in [1.29, 1.82) is 0 Å². The maximum Gasteiger partial charge on any atom is 0.277 e. The average molecular weight is 432 g/mol. The third-order valence-electron chi connectivity index (χ3n) is 4.72. The molecule has 5 aromatic rings. The van der Waals surface area contributed by atoms with Crippen molar-refractivity contribution in [3.63, 3.8) is 0 Å². The number of carbonyl (C=O) groups excluding carboxylic acids is 1. The van der Waals surface area contributed by atoms with E-state index in [1.54, 1.807) is 39.6 Å². The first-order valence-corrected chi connectivity index (χ1v) is 11.0. The van der Waals surface area contributed by atoms with Gasteiger partial charge in [0.05, 0.1) is 24.1 Å². The predicted molar refractivity (Wildman–Crippen MR) is 123 cm³/mol. The first kappa shape index (κ1) is 18.5. The lowest BCUT2D eigenvalue weighted by Gasteiger charge is -2.09. The third-order valence-corrected chi connectivity index (χ3v) is 6.51. The van der Waals surface area contributed by atoms with Crippen LogP contribution >= 0.6 is 22.7 Å². The van der Waals surface area contributed by atoms with E-state index < -0.39 is 0 Å². The highest BCUT2D eigenvalue weighted by atomic mass is 32.1. The number of aromatic nitrogens is 3. The molecule has 0 fully saturated rings. The maximum absolute atomic E-state index is 12.7. The Kier molecular flexibility index (Phi) is 4.78. The molecule has 0 radical (unpaired) electrons. The van der Waals surface area contributed by atoms with Crippen LogP contribution in [0.15, 0.2) is 71.6 Å². The van der Waals surface area contributed by atoms with Crippen LogP contribution in [0, 0.1) is 0 Å². The van der Waals surface area contributed by atoms with Crippen LogP contribution in [0.1, 0.15) is 15.4 Å². The smallest absolute Gasteiger partial charge is 0.277 e. The van der Waals surface area contributed by atoms with Crippen molar-refractivity contribution in [3.05, 3.63) is 82.1 Å². The summed E-state index contributed by atoms with van der Waals surface area (Å²) in [6, 6.07) is 18.0. The predicted octanol–water partition coefficient (Wildman–Crippen LogP) is 5.10. The number of nitrogen functional groups attached to an aromatic ring is 1. The molecule has 3 heterocycles. The standard InChI is InChI=1S/C22H17N5OS2/c23-18-6-5-14(16-7-8-29-13-16)10-19(18)24-22(28)20-12-27(26-25-20)11-17-9-15-3-1-2-4-21(15)30-17/h1-10,12-13H,11,23H2,(H,24,28). The molecule has 0 saturated heterocycles. The van der Waals surface area contributed by atoms with Gasteiger partial charge in [-0.05, 0) is 57.6 Å². The number of rotatable bonds is 5. The van der Waals surface area contributed by atoms with Gasteiger partial charge in [-0.25, -0.2) is 4.68 Å². The number of benzene rings is 2. The molecule has 3 N–H and O–H groups in total. The Labute approximate surface area is 180 Å². The second-order valence-electron chi connectivity index (χ2n) is 6.82. The minimum absolute atomic E-state index is 0.247. The van der Waals surface area contributed by atoms with Gasteiger partial charge < -0.3 is 11.1 Å². The number of nitrogens with two attached hydrogens (primary N) is 1. The highest BCUT2D eigenvalue weighted by Gasteiger charge is 2.14. The van der Waals surface area contributed by atoms with Gasteiger partial charge in [-0.3, -0.25) is 4.79 Å². The fourth-order valence-electron chi connectivity index (χ4n) is 3.21. The van der Waals surface area contributed by atoms with Crippen LogP contribution in [-0.2, 0) is 6.54 Å². The Bertz CT molecular complexity index is 1300. The van der Waals surface area contributed by atoms with Crippen LogP contribution < -0.4 is 11.1 Å². The van der Waals surface area contributed by atoms with Crippen molar-refractivity contribution < 1.29 is 4.79 Å². The van der Waals surface area contributed by atoms with Crippen LogP contribution in [0.5, 0.6) is 0 Å². The van der Waals surface area contributed by atoms with Crippen LogP contribution in [-0.4, -0.2) is 20.9 Å². The van der Waals surface area contributed by atoms with E-state index in [1.807, 2.05) is 35.7 Å². The zero-order valence-corrected chi connectivity index (χ0v) is 17.4. The van der Waals surface area contributed by atoms with E-state index in [4.69, 9.17) is 5.73 Å². The lowest BCUT2D eigenvalue weighted by atomic mass is 10.1. The number of nitrogens with zero attached hydrogens (tertiary/aromatic N) is 3. The summed E-state index contributed by atoms with van der Waals surface area (Å²) < 4.78 is 2.90. The van der Waals surface area contributed by atoms with Crippen molar-refractivity contribution in [2.24, 2.45) is 0 Å². The number of carbonyl (C=O) groups is 1. The van der Waals surface area contributed by atoms with Gasteiger partial charge in [-0.1, -0.05) is 29.5 Å². The molecule has 0 aliphatic heterocycles. The van der Waals surface area contributed by atoms with Crippen molar-refractivity contribution in [2.45, 2.75) is 6.54 Å². The summed E-state index contributed by atoms with van der Waals surface area (Å²) in [6.07, 6.45) is 1.65. The summed E-state index contributed by atoms with van der Waals surface area (Å²) in [5.41, 5.74) is 9.45. The van der Waals surface area contributed by atoms with E-state index in [2.05, 4.69) is 39.2 Å². The molecule has 5 rings (SSSR count). The minimum Gasteiger partial charge on any atom is -0.397 e. The number of thiophene rings is 2. The van der Waals surface area contributed by atoms with E-state index >= 15 is 0 Å². The molecule has 0 unspecified atom stereocenters. The van der Waals surface area contributed by atoms with E-state index in [9.17, 15) is 4.79 Å². The van der Waals surface area contributed by atoms with Gasteiger partial charge in [0.15, 0.2) is 5.69 Å². The molecule has 8 heteroatoms.